The van der Waals surface area contributed by atoms with Crippen molar-refractivity contribution in [1.82, 2.24) is 20.6 Å². The van der Waals surface area contributed by atoms with Crippen molar-refractivity contribution in [2.24, 2.45) is 0 Å². The summed E-state index contributed by atoms with van der Waals surface area (Å²) >= 11 is 0. The van der Waals surface area contributed by atoms with Gasteiger partial charge in [0.15, 0.2) is 0 Å². The Balaban J connectivity index is 1.91. The molecule has 0 atom stereocenters. The van der Waals surface area contributed by atoms with Gasteiger partial charge < -0.3 is 15.5 Å². The molecule has 1 aromatic rings. The van der Waals surface area contributed by atoms with Crippen molar-refractivity contribution < 1.29 is 4.79 Å². The van der Waals surface area contributed by atoms with Crippen LogP contribution in [0, 0.1) is 0 Å². The van der Waals surface area contributed by atoms with E-state index in [-0.39, 0.29) is 5.91 Å². The van der Waals surface area contributed by atoms with Gasteiger partial charge in [0.2, 0.25) is 11.9 Å². The van der Waals surface area contributed by atoms with E-state index >= 15 is 0 Å². The van der Waals surface area contributed by atoms with Crippen LogP contribution in [-0.2, 0) is 11.3 Å². The van der Waals surface area contributed by atoms with Crippen LogP contribution in [0.25, 0.3) is 0 Å². The first-order chi connectivity index (χ1) is 9.29. The molecule has 104 valence electrons. The number of carbonyl (C=O) groups excluding carboxylic acids is 1. The van der Waals surface area contributed by atoms with Gasteiger partial charge in [-0.1, -0.05) is 6.92 Å². The fourth-order valence-electron chi connectivity index (χ4n) is 1.98. The molecular formula is C13H21N5O. The highest BCUT2D eigenvalue weighted by atomic mass is 16.1. The highest BCUT2D eigenvalue weighted by Crippen LogP contribution is 2.09. The van der Waals surface area contributed by atoms with Gasteiger partial charge in [-0.3, -0.25) is 4.79 Å². The van der Waals surface area contributed by atoms with E-state index in [0.717, 1.165) is 31.6 Å². The minimum absolute atomic E-state index is 0.0999. The highest BCUT2D eigenvalue weighted by Gasteiger charge is 2.15. The Labute approximate surface area is 113 Å². The third-order valence-corrected chi connectivity index (χ3v) is 3.04. The van der Waals surface area contributed by atoms with E-state index in [0.29, 0.717) is 25.5 Å². The standard InChI is InChI=1S/C13H21N5O/c1-2-4-14-8-11-9-16-13(17-10-11)18-6-3-12(19)15-5-7-18/h9-10,14H,2-8H2,1H3,(H,15,19). The van der Waals surface area contributed by atoms with Crippen molar-refractivity contribution in [1.29, 1.82) is 0 Å². The van der Waals surface area contributed by atoms with Crippen LogP contribution in [0.1, 0.15) is 25.3 Å². The summed E-state index contributed by atoms with van der Waals surface area (Å²) in [7, 11) is 0. The van der Waals surface area contributed by atoms with Gasteiger partial charge in [-0.05, 0) is 13.0 Å². The smallest absolute Gasteiger partial charge is 0.225 e. The van der Waals surface area contributed by atoms with Gasteiger partial charge >= 0.3 is 0 Å². The molecule has 19 heavy (non-hydrogen) atoms. The largest absolute Gasteiger partial charge is 0.354 e. The zero-order valence-electron chi connectivity index (χ0n) is 11.4. The van der Waals surface area contributed by atoms with Crippen LogP contribution in [0.4, 0.5) is 5.95 Å². The summed E-state index contributed by atoms with van der Waals surface area (Å²) in [6.07, 6.45) is 5.33. The lowest BCUT2D eigenvalue weighted by molar-refractivity contribution is -0.120. The van der Waals surface area contributed by atoms with Crippen LogP contribution < -0.4 is 15.5 Å². The molecule has 1 amide bonds. The number of carbonyl (C=O) groups is 1. The van der Waals surface area contributed by atoms with Gasteiger partial charge in [0.25, 0.3) is 0 Å². The van der Waals surface area contributed by atoms with Gasteiger partial charge in [0, 0.05) is 50.6 Å². The zero-order valence-corrected chi connectivity index (χ0v) is 11.4. The number of nitrogens with one attached hydrogen (secondary N) is 2. The number of hydrogen-bond donors (Lipinski definition) is 2. The lowest BCUT2D eigenvalue weighted by atomic mass is 10.3. The molecule has 0 spiro atoms. The number of amides is 1. The van der Waals surface area contributed by atoms with Crippen molar-refractivity contribution in [3.8, 4) is 0 Å². The van der Waals surface area contributed by atoms with Crippen LogP contribution in [0.3, 0.4) is 0 Å². The summed E-state index contributed by atoms with van der Waals surface area (Å²) in [5.74, 6) is 0.804. The maximum Gasteiger partial charge on any atom is 0.225 e. The summed E-state index contributed by atoms with van der Waals surface area (Å²) in [6.45, 7) is 6.04. The fraction of sp³-hybridized carbons (Fsp3) is 0.615. The molecule has 1 aliphatic rings. The van der Waals surface area contributed by atoms with Crippen molar-refractivity contribution in [2.45, 2.75) is 26.3 Å². The molecule has 1 fully saturated rings. The van der Waals surface area contributed by atoms with Gasteiger partial charge in [-0.15, -0.1) is 0 Å². The Morgan fingerprint density at radius 1 is 1.37 bits per heavy atom. The molecular weight excluding hydrogens is 242 g/mol. The van der Waals surface area contributed by atoms with Crippen LogP contribution in [0.15, 0.2) is 12.4 Å². The molecule has 0 aromatic carbocycles. The molecule has 0 radical (unpaired) electrons. The SMILES string of the molecule is CCCNCc1cnc(N2CCNC(=O)CC2)nc1. The summed E-state index contributed by atoms with van der Waals surface area (Å²) in [6, 6.07) is 0. The molecule has 0 saturated carbocycles. The minimum atomic E-state index is 0.0999. The Morgan fingerprint density at radius 2 is 2.16 bits per heavy atom. The molecule has 2 heterocycles. The maximum atomic E-state index is 11.3. The number of anilines is 1. The van der Waals surface area contributed by atoms with Gasteiger partial charge in [-0.2, -0.15) is 0 Å². The number of rotatable bonds is 5. The van der Waals surface area contributed by atoms with Crippen molar-refractivity contribution in [3.05, 3.63) is 18.0 Å². The van der Waals surface area contributed by atoms with Crippen LogP contribution >= 0.6 is 0 Å². The quantitative estimate of drug-likeness (QED) is 0.748. The molecule has 2 N–H and O–H groups in total. The zero-order chi connectivity index (χ0) is 13.5. The lowest BCUT2D eigenvalue weighted by Crippen LogP contribution is -2.29. The number of hydrogen-bond acceptors (Lipinski definition) is 5. The van der Waals surface area contributed by atoms with E-state index in [2.05, 4.69) is 27.5 Å². The molecule has 0 unspecified atom stereocenters. The van der Waals surface area contributed by atoms with Crippen molar-refractivity contribution in [3.63, 3.8) is 0 Å². The summed E-state index contributed by atoms with van der Waals surface area (Å²) < 4.78 is 0. The summed E-state index contributed by atoms with van der Waals surface area (Å²) in [5.41, 5.74) is 1.08. The second-order valence-corrected chi connectivity index (χ2v) is 4.66. The average molecular weight is 263 g/mol. The van der Waals surface area contributed by atoms with Gasteiger partial charge in [0.1, 0.15) is 0 Å². The maximum absolute atomic E-state index is 11.3. The molecule has 6 nitrogen and oxygen atoms in total. The number of aromatic nitrogens is 2. The van der Waals surface area contributed by atoms with Crippen LogP contribution in [0.2, 0.25) is 0 Å². The third-order valence-electron chi connectivity index (χ3n) is 3.04. The van der Waals surface area contributed by atoms with Crippen molar-refractivity contribution >= 4 is 11.9 Å². The minimum Gasteiger partial charge on any atom is -0.354 e. The first-order valence-corrected chi connectivity index (χ1v) is 6.83. The molecule has 2 rings (SSSR count). The number of nitrogens with zero attached hydrogens (tertiary/aromatic N) is 3. The Hall–Kier alpha value is -1.69. The topological polar surface area (TPSA) is 70.2 Å². The molecule has 1 saturated heterocycles. The van der Waals surface area contributed by atoms with Crippen LogP contribution in [-0.4, -0.2) is 42.1 Å². The van der Waals surface area contributed by atoms with E-state index in [9.17, 15) is 4.79 Å². The Morgan fingerprint density at radius 3 is 2.89 bits per heavy atom. The van der Waals surface area contributed by atoms with E-state index in [1.165, 1.54) is 0 Å². The van der Waals surface area contributed by atoms with E-state index in [1.54, 1.807) is 0 Å². The molecule has 6 heteroatoms. The van der Waals surface area contributed by atoms with Crippen LogP contribution in [0.5, 0.6) is 0 Å². The van der Waals surface area contributed by atoms with E-state index in [4.69, 9.17) is 0 Å². The molecule has 0 bridgehead atoms. The van der Waals surface area contributed by atoms with Crippen molar-refractivity contribution in [2.75, 3.05) is 31.1 Å². The third kappa shape index (κ3) is 4.17. The van der Waals surface area contributed by atoms with Gasteiger partial charge in [0.05, 0.1) is 0 Å². The van der Waals surface area contributed by atoms with Gasteiger partial charge in [-0.25, -0.2) is 9.97 Å². The second kappa shape index (κ2) is 7.04. The summed E-state index contributed by atoms with van der Waals surface area (Å²) in [5, 5.41) is 6.16. The predicted molar refractivity (Wildman–Crippen MR) is 73.9 cm³/mol. The van der Waals surface area contributed by atoms with E-state index in [1.807, 2.05) is 17.3 Å². The predicted octanol–water partition coefficient (Wildman–Crippen LogP) is 0.303. The highest BCUT2D eigenvalue weighted by molar-refractivity contribution is 5.76. The fourth-order valence-corrected chi connectivity index (χ4v) is 1.98. The Bertz CT molecular complexity index is 406. The molecule has 1 aliphatic heterocycles. The summed E-state index contributed by atoms with van der Waals surface area (Å²) in [4.78, 5) is 22.1. The monoisotopic (exact) mass is 263 g/mol. The second-order valence-electron chi connectivity index (χ2n) is 4.66. The van der Waals surface area contributed by atoms with E-state index < -0.39 is 0 Å². The first kappa shape index (κ1) is 13.7. The molecule has 1 aromatic heterocycles. The Kier molecular flexibility index (Phi) is 5.09. The first-order valence-electron chi connectivity index (χ1n) is 6.83. The normalized spacial score (nSPS) is 16.1. The average Bonchev–Trinajstić information content (AvgIpc) is 2.65. The molecule has 0 aliphatic carbocycles. The lowest BCUT2D eigenvalue weighted by Gasteiger charge is -2.19.